The van der Waals surface area contributed by atoms with Gasteiger partial charge in [-0.05, 0) is 37.5 Å². The highest BCUT2D eigenvalue weighted by Gasteiger charge is 2.53. The summed E-state index contributed by atoms with van der Waals surface area (Å²) in [5, 5.41) is 11.2. The highest BCUT2D eigenvalue weighted by atomic mass is 28.4. The van der Waals surface area contributed by atoms with Crippen LogP contribution in [0.2, 0.25) is 18.1 Å². The Balaban J connectivity index is 2.23. The maximum absolute atomic E-state index is 12.4. The highest BCUT2D eigenvalue weighted by Crippen LogP contribution is 2.49. The lowest BCUT2D eigenvalue weighted by Crippen LogP contribution is -2.53. The summed E-state index contributed by atoms with van der Waals surface area (Å²) in [5.74, 6) is -0.140. The number of ether oxygens (including phenoxy) is 1. The number of carbonyl (C=O) groups is 1. The second-order valence-electron chi connectivity index (χ2n) is 9.09. The Morgan fingerprint density at radius 3 is 2.44 bits per heavy atom. The Bertz CT molecular complexity index is 685. The largest absolute Gasteiger partial charge is 0.414 e. The summed E-state index contributed by atoms with van der Waals surface area (Å²) >= 11 is 0. The molecule has 0 radical (unpaired) electrons. The van der Waals surface area contributed by atoms with Gasteiger partial charge in [0, 0.05) is 32.1 Å². The van der Waals surface area contributed by atoms with E-state index in [0.717, 1.165) is 11.3 Å². The Labute approximate surface area is 164 Å². The van der Waals surface area contributed by atoms with E-state index in [9.17, 15) is 9.90 Å². The van der Waals surface area contributed by atoms with Gasteiger partial charge in [0.2, 0.25) is 5.91 Å². The van der Waals surface area contributed by atoms with Crippen LogP contribution < -0.4 is 4.90 Å². The van der Waals surface area contributed by atoms with E-state index in [1.165, 1.54) is 6.92 Å². The van der Waals surface area contributed by atoms with Crippen LogP contribution in [0.15, 0.2) is 24.3 Å². The van der Waals surface area contributed by atoms with Crippen LogP contribution in [0.25, 0.3) is 0 Å². The van der Waals surface area contributed by atoms with E-state index in [1.807, 2.05) is 24.3 Å². The molecule has 0 aliphatic carbocycles. The molecule has 3 unspecified atom stereocenters. The van der Waals surface area contributed by atoms with Crippen molar-refractivity contribution in [3.63, 3.8) is 0 Å². The van der Waals surface area contributed by atoms with E-state index in [-0.39, 0.29) is 17.0 Å². The van der Waals surface area contributed by atoms with Gasteiger partial charge in [-0.3, -0.25) is 9.69 Å². The zero-order valence-electron chi connectivity index (χ0n) is 18.0. The van der Waals surface area contributed by atoms with Crippen LogP contribution in [-0.4, -0.2) is 38.3 Å². The van der Waals surface area contributed by atoms with Crippen LogP contribution in [0.1, 0.15) is 59.1 Å². The summed E-state index contributed by atoms with van der Waals surface area (Å²) in [6.45, 7) is 14.7. The monoisotopic (exact) mass is 393 g/mol. The van der Waals surface area contributed by atoms with Gasteiger partial charge in [0.05, 0.1) is 5.69 Å². The molecule has 27 heavy (non-hydrogen) atoms. The lowest BCUT2D eigenvalue weighted by Gasteiger charge is -2.41. The van der Waals surface area contributed by atoms with E-state index in [2.05, 4.69) is 40.8 Å². The minimum absolute atomic E-state index is 0.0163. The van der Waals surface area contributed by atoms with Gasteiger partial charge in [0.25, 0.3) is 0 Å². The van der Waals surface area contributed by atoms with Crippen molar-refractivity contribution in [1.82, 2.24) is 0 Å². The number of aliphatic hydroxyl groups is 1. The van der Waals surface area contributed by atoms with E-state index >= 15 is 0 Å². The maximum Gasteiger partial charge on any atom is 0.226 e. The van der Waals surface area contributed by atoms with Crippen LogP contribution in [-0.2, 0) is 14.0 Å². The molecule has 1 aromatic carbocycles. The molecule has 0 saturated carbocycles. The Morgan fingerprint density at radius 2 is 1.93 bits per heavy atom. The van der Waals surface area contributed by atoms with Gasteiger partial charge < -0.3 is 14.3 Å². The summed E-state index contributed by atoms with van der Waals surface area (Å²) in [7, 11) is -0.323. The van der Waals surface area contributed by atoms with Crippen molar-refractivity contribution in [3.05, 3.63) is 29.8 Å². The number of fused-ring (bicyclic) bond motifs is 1. The SMILES string of the molecule is COC1(CCC(C)O[Si](C)(C)C(C)(C)C)C(O)c2ccccc2N1C(C)=O. The molecule has 152 valence electrons. The second kappa shape index (κ2) is 7.66. The molecule has 0 saturated heterocycles. The fourth-order valence-corrected chi connectivity index (χ4v) is 5.11. The molecule has 0 aromatic heterocycles. The van der Waals surface area contributed by atoms with Crippen LogP contribution in [0, 0.1) is 0 Å². The van der Waals surface area contributed by atoms with Crippen LogP contribution in [0.4, 0.5) is 5.69 Å². The predicted molar refractivity (Wildman–Crippen MR) is 111 cm³/mol. The Morgan fingerprint density at radius 1 is 1.33 bits per heavy atom. The molecular formula is C21H35NO4Si. The number of rotatable bonds is 6. The third-order valence-electron chi connectivity index (χ3n) is 6.16. The fourth-order valence-electron chi connectivity index (χ4n) is 3.63. The molecule has 1 aliphatic rings. The standard InChI is InChI=1S/C21H35NO4Si/c1-15(26-27(7,8)20(3,4)5)13-14-21(25-6)19(24)17-11-9-10-12-18(17)22(21)16(2)23/h9-12,15,19,24H,13-14H2,1-8H3. The van der Waals surface area contributed by atoms with Crippen molar-refractivity contribution in [2.24, 2.45) is 0 Å². The molecule has 1 aliphatic heterocycles. The lowest BCUT2D eigenvalue weighted by molar-refractivity contribution is -0.134. The minimum atomic E-state index is -1.88. The van der Waals surface area contributed by atoms with Crippen molar-refractivity contribution in [2.45, 2.75) is 83.5 Å². The first-order valence-corrected chi connectivity index (χ1v) is 12.6. The number of nitrogens with zero attached hydrogens (tertiary/aromatic N) is 1. The third-order valence-corrected chi connectivity index (χ3v) is 10.8. The smallest absolute Gasteiger partial charge is 0.226 e. The molecule has 1 aromatic rings. The number of para-hydroxylation sites is 1. The normalized spacial score (nSPS) is 24.0. The number of carbonyl (C=O) groups excluding carboxylic acids is 1. The van der Waals surface area contributed by atoms with Crippen molar-refractivity contribution < 1.29 is 19.1 Å². The molecule has 0 fully saturated rings. The molecule has 0 bridgehead atoms. The van der Waals surface area contributed by atoms with E-state index < -0.39 is 20.1 Å². The first kappa shape index (κ1) is 22.1. The second-order valence-corrected chi connectivity index (χ2v) is 13.8. The number of anilines is 1. The first-order valence-electron chi connectivity index (χ1n) is 9.68. The number of methoxy groups -OCH3 is 1. The molecule has 2 rings (SSSR count). The minimum Gasteiger partial charge on any atom is -0.414 e. The van der Waals surface area contributed by atoms with Gasteiger partial charge in [-0.15, -0.1) is 0 Å². The zero-order chi connectivity index (χ0) is 20.6. The lowest BCUT2D eigenvalue weighted by atomic mass is 9.96. The predicted octanol–water partition coefficient (Wildman–Crippen LogP) is 4.62. The number of hydrogen-bond acceptors (Lipinski definition) is 4. The average Bonchev–Trinajstić information content (AvgIpc) is 2.81. The van der Waals surface area contributed by atoms with Crippen LogP contribution >= 0.6 is 0 Å². The van der Waals surface area contributed by atoms with Gasteiger partial charge in [0.1, 0.15) is 6.10 Å². The number of benzene rings is 1. The number of hydrogen-bond donors (Lipinski definition) is 1. The summed E-state index contributed by atoms with van der Waals surface area (Å²) in [6, 6.07) is 7.45. The van der Waals surface area contributed by atoms with Gasteiger partial charge in [-0.25, -0.2) is 0 Å². The van der Waals surface area contributed by atoms with Crippen molar-refractivity contribution in [3.8, 4) is 0 Å². The molecular weight excluding hydrogens is 358 g/mol. The first-order chi connectivity index (χ1) is 12.4. The van der Waals surface area contributed by atoms with E-state index in [4.69, 9.17) is 9.16 Å². The topological polar surface area (TPSA) is 59.0 Å². The Kier molecular flexibility index (Phi) is 6.26. The van der Waals surface area contributed by atoms with E-state index in [1.54, 1.807) is 12.0 Å². The summed E-state index contributed by atoms with van der Waals surface area (Å²) in [5.41, 5.74) is 0.352. The number of aliphatic hydroxyl groups excluding tert-OH is 1. The van der Waals surface area contributed by atoms with E-state index in [0.29, 0.717) is 12.8 Å². The molecule has 0 spiro atoms. The van der Waals surface area contributed by atoms with Crippen LogP contribution in [0.5, 0.6) is 0 Å². The summed E-state index contributed by atoms with van der Waals surface area (Å²) < 4.78 is 12.3. The molecule has 1 heterocycles. The van der Waals surface area contributed by atoms with Crippen molar-refractivity contribution >= 4 is 19.9 Å². The average molecular weight is 394 g/mol. The maximum atomic E-state index is 12.4. The molecule has 1 N–H and O–H groups in total. The summed E-state index contributed by atoms with van der Waals surface area (Å²) in [4.78, 5) is 14.0. The van der Waals surface area contributed by atoms with Gasteiger partial charge in [0.15, 0.2) is 14.0 Å². The quantitative estimate of drug-likeness (QED) is 0.717. The molecule has 6 heteroatoms. The molecule has 5 nitrogen and oxygen atoms in total. The Hall–Kier alpha value is -1.21. The van der Waals surface area contributed by atoms with Crippen molar-refractivity contribution in [1.29, 1.82) is 0 Å². The molecule has 3 atom stereocenters. The fraction of sp³-hybridized carbons (Fsp3) is 0.667. The zero-order valence-corrected chi connectivity index (χ0v) is 19.0. The number of amides is 1. The van der Waals surface area contributed by atoms with Gasteiger partial charge >= 0.3 is 0 Å². The van der Waals surface area contributed by atoms with Gasteiger partial charge in [-0.1, -0.05) is 39.0 Å². The highest BCUT2D eigenvalue weighted by molar-refractivity contribution is 6.74. The molecule has 1 amide bonds. The van der Waals surface area contributed by atoms with Gasteiger partial charge in [-0.2, -0.15) is 0 Å². The summed E-state index contributed by atoms with van der Waals surface area (Å²) in [6.07, 6.45) is 0.314. The van der Waals surface area contributed by atoms with Crippen LogP contribution in [0.3, 0.4) is 0 Å². The third kappa shape index (κ3) is 3.99. The van der Waals surface area contributed by atoms with Crippen molar-refractivity contribution in [2.75, 3.05) is 12.0 Å².